The van der Waals surface area contributed by atoms with Crippen LogP contribution in [-0.4, -0.2) is 68.7 Å². The Kier molecular flexibility index (Phi) is 12.7. The molecule has 0 bridgehead atoms. The lowest BCUT2D eigenvalue weighted by Gasteiger charge is -2.31. The summed E-state index contributed by atoms with van der Waals surface area (Å²) in [5, 5.41) is 9.35. The molecule has 1 unspecified atom stereocenters. The molecule has 1 atom stereocenters. The van der Waals surface area contributed by atoms with Gasteiger partial charge < -0.3 is 20.7 Å². The summed E-state index contributed by atoms with van der Waals surface area (Å²) >= 11 is 3.38. The van der Waals surface area contributed by atoms with Crippen LogP contribution in [0.4, 0.5) is 5.69 Å². The fourth-order valence-corrected chi connectivity index (χ4v) is 3.01. The van der Waals surface area contributed by atoms with Crippen LogP contribution in [0, 0.1) is 0 Å². The molecule has 2 rings (SSSR count). The first-order valence-electron chi connectivity index (χ1n) is 9.48. The topological polar surface area (TPSA) is 78.0 Å². The highest BCUT2D eigenvalue weighted by molar-refractivity contribution is 14.0. The molecule has 1 aliphatic heterocycles. The second-order valence-electron chi connectivity index (χ2n) is 6.45. The Hall–Kier alpha value is -0.910. The Morgan fingerprint density at radius 1 is 1.25 bits per heavy atom. The van der Waals surface area contributed by atoms with Crippen LogP contribution in [0.25, 0.3) is 0 Å². The maximum atomic E-state index is 12.1. The minimum absolute atomic E-state index is 0. The van der Waals surface area contributed by atoms with E-state index in [1.54, 1.807) is 0 Å². The molecule has 0 saturated carbocycles. The third-order valence-electron chi connectivity index (χ3n) is 4.30. The second-order valence-corrected chi connectivity index (χ2v) is 7.36. The molecule has 158 valence electrons. The van der Waals surface area contributed by atoms with Gasteiger partial charge in [-0.15, -0.1) is 24.0 Å². The minimum Gasteiger partial charge on any atom is -0.379 e. The number of benzene rings is 1. The van der Waals surface area contributed by atoms with Gasteiger partial charge in [0.15, 0.2) is 5.96 Å². The highest BCUT2D eigenvalue weighted by atomic mass is 127. The van der Waals surface area contributed by atoms with Crippen molar-refractivity contribution in [3.8, 4) is 0 Å². The normalized spacial score (nSPS) is 16.0. The number of ether oxygens (including phenoxy) is 1. The standard InChI is InChI=1S/C19H30BrN5O2.HI/c1-3-21-19(23-14-15(2)25-10-12-27-13-11-25)22-9-8-18(26)24-17-6-4-16(20)5-7-17;/h4-7,15H,3,8-14H2,1-2H3,(H,24,26)(H2,21,22,23);1H. The first kappa shape index (κ1) is 25.1. The summed E-state index contributed by atoms with van der Waals surface area (Å²) in [6.45, 7) is 9.73. The van der Waals surface area contributed by atoms with Crippen LogP contribution >= 0.6 is 39.9 Å². The third kappa shape index (κ3) is 9.53. The summed E-state index contributed by atoms with van der Waals surface area (Å²) in [7, 11) is 0. The van der Waals surface area contributed by atoms with Crippen molar-refractivity contribution in [2.75, 3.05) is 51.3 Å². The van der Waals surface area contributed by atoms with E-state index in [1.807, 2.05) is 31.2 Å². The number of carbonyl (C=O) groups is 1. The summed E-state index contributed by atoms with van der Waals surface area (Å²) < 4.78 is 6.38. The molecular weight excluding hydrogens is 537 g/mol. The summed E-state index contributed by atoms with van der Waals surface area (Å²) in [5.74, 6) is 0.719. The van der Waals surface area contributed by atoms with Gasteiger partial charge in [-0.05, 0) is 38.1 Å². The van der Waals surface area contributed by atoms with E-state index >= 15 is 0 Å². The zero-order valence-corrected chi connectivity index (χ0v) is 20.5. The first-order chi connectivity index (χ1) is 13.1. The Morgan fingerprint density at radius 3 is 2.57 bits per heavy atom. The Morgan fingerprint density at radius 2 is 1.93 bits per heavy atom. The van der Waals surface area contributed by atoms with E-state index in [0.717, 1.165) is 49.0 Å². The van der Waals surface area contributed by atoms with E-state index < -0.39 is 0 Å². The van der Waals surface area contributed by atoms with Crippen molar-refractivity contribution in [3.63, 3.8) is 0 Å². The van der Waals surface area contributed by atoms with Crippen molar-refractivity contribution in [2.24, 2.45) is 4.99 Å². The Bertz CT molecular complexity index is 609. The van der Waals surface area contributed by atoms with Gasteiger partial charge in [0.1, 0.15) is 0 Å². The number of nitrogens with zero attached hydrogens (tertiary/aromatic N) is 2. The maximum Gasteiger partial charge on any atom is 0.226 e. The van der Waals surface area contributed by atoms with Gasteiger partial charge >= 0.3 is 0 Å². The lowest BCUT2D eigenvalue weighted by atomic mass is 10.2. The molecule has 3 N–H and O–H groups in total. The molecule has 1 amide bonds. The summed E-state index contributed by atoms with van der Waals surface area (Å²) in [6.07, 6.45) is 0.374. The van der Waals surface area contributed by atoms with Gasteiger partial charge in [-0.2, -0.15) is 0 Å². The number of nitrogens with one attached hydrogen (secondary N) is 3. The van der Waals surface area contributed by atoms with E-state index in [-0.39, 0.29) is 29.9 Å². The highest BCUT2D eigenvalue weighted by Crippen LogP contribution is 2.14. The van der Waals surface area contributed by atoms with Crippen LogP contribution in [0.2, 0.25) is 0 Å². The van der Waals surface area contributed by atoms with Crippen molar-refractivity contribution in [1.82, 2.24) is 15.5 Å². The van der Waals surface area contributed by atoms with Gasteiger partial charge in [0, 0.05) is 48.8 Å². The van der Waals surface area contributed by atoms with Crippen LogP contribution in [0.1, 0.15) is 20.3 Å². The van der Waals surface area contributed by atoms with E-state index in [0.29, 0.717) is 25.6 Å². The highest BCUT2D eigenvalue weighted by Gasteiger charge is 2.16. The molecule has 0 aliphatic carbocycles. The average Bonchev–Trinajstić information content (AvgIpc) is 2.68. The zero-order chi connectivity index (χ0) is 19.5. The monoisotopic (exact) mass is 567 g/mol. The molecule has 1 heterocycles. The van der Waals surface area contributed by atoms with E-state index in [4.69, 9.17) is 4.74 Å². The molecule has 0 aromatic heterocycles. The minimum atomic E-state index is -0.0256. The van der Waals surface area contributed by atoms with Crippen LogP contribution in [0.3, 0.4) is 0 Å². The van der Waals surface area contributed by atoms with Crippen molar-refractivity contribution in [2.45, 2.75) is 26.3 Å². The van der Waals surface area contributed by atoms with E-state index in [2.05, 4.69) is 48.7 Å². The Labute approximate surface area is 193 Å². The largest absolute Gasteiger partial charge is 0.379 e. The summed E-state index contributed by atoms with van der Waals surface area (Å²) in [4.78, 5) is 19.1. The smallest absolute Gasteiger partial charge is 0.226 e. The number of hydrogen-bond acceptors (Lipinski definition) is 4. The maximum absolute atomic E-state index is 12.1. The number of aliphatic imine (C=N–C) groups is 1. The van der Waals surface area contributed by atoms with Gasteiger partial charge in [0.25, 0.3) is 0 Å². The fourth-order valence-electron chi connectivity index (χ4n) is 2.75. The Balaban J connectivity index is 0.00000392. The molecule has 1 aromatic rings. The fraction of sp³-hybridized carbons (Fsp3) is 0.579. The molecule has 28 heavy (non-hydrogen) atoms. The first-order valence-corrected chi connectivity index (χ1v) is 10.3. The van der Waals surface area contributed by atoms with Crippen LogP contribution in [0.5, 0.6) is 0 Å². The molecule has 9 heteroatoms. The number of anilines is 1. The summed E-state index contributed by atoms with van der Waals surface area (Å²) in [5.41, 5.74) is 0.795. The molecule has 1 aromatic carbocycles. The summed E-state index contributed by atoms with van der Waals surface area (Å²) in [6, 6.07) is 7.91. The lowest BCUT2D eigenvalue weighted by Crippen LogP contribution is -2.44. The zero-order valence-electron chi connectivity index (χ0n) is 16.5. The molecule has 1 fully saturated rings. The van der Waals surface area contributed by atoms with Crippen LogP contribution < -0.4 is 16.0 Å². The molecule has 1 saturated heterocycles. The lowest BCUT2D eigenvalue weighted by molar-refractivity contribution is -0.116. The predicted molar refractivity (Wildman–Crippen MR) is 129 cm³/mol. The van der Waals surface area contributed by atoms with Crippen LogP contribution in [-0.2, 0) is 9.53 Å². The number of halogens is 2. The molecule has 7 nitrogen and oxygen atoms in total. The molecule has 0 spiro atoms. The number of morpholine rings is 1. The SMILES string of the molecule is CCNC(=NCC(C)N1CCOCC1)NCCC(=O)Nc1ccc(Br)cc1.I. The second kappa shape index (κ2) is 14.1. The molecule has 0 radical (unpaired) electrons. The van der Waals surface area contributed by atoms with Crippen molar-refractivity contribution >= 4 is 57.5 Å². The van der Waals surface area contributed by atoms with Crippen LogP contribution in [0.15, 0.2) is 33.7 Å². The van der Waals surface area contributed by atoms with Gasteiger partial charge in [-0.25, -0.2) is 0 Å². The van der Waals surface area contributed by atoms with Crippen molar-refractivity contribution < 1.29 is 9.53 Å². The quantitative estimate of drug-likeness (QED) is 0.256. The average molecular weight is 568 g/mol. The van der Waals surface area contributed by atoms with Gasteiger partial charge in [-0.3, -0.25) is 14.7 Å². The van der Waals surface area contributed by atoms with Gasteiger partial charge in [0.2, 0.25) is 5.91 Å². The number of amides is 1. The van der Waals surface area contributed by atoms with Crippen molar-refractivity contribution in [3.05, 3.63) is 28.7 Å². The number of guanidine groups is 1. The van der Waals surface area contributed by atoms with E-state index in [9.17, 15) is 4.79 Å². The van der Waals surface area contributed by atoms with Gasteiger partial charge in [-0.1, -0.05) is 15.9 Å². The number of carbonyl (C=O) groups excluding carboxylic acids is 1. The number of rotatable bonds is 8. The molecule has 1 aliphatic rings. The van der Waals surface area contributed by atoms with Crippen molar-refractivity contribution in [1.29, 1.82) is 0 Å². The molecular formula is C19H31BrIN5O2. The third-order valence-corrected chi connectivity index (χ3v) is 4.83. The van der Waals surface area contributed by atoms with E-state index in [1.165, 1.54) is 0 Å². The predicted octanol–water partition coefficient (Wildman–Crippen LogP) is 2.67. The number of hydrogen-bond donors (Lipinski definition) is 3. The van der Waals surface area contributed by atoms with Gasteiger partial charge in [0.05, 0.1) is 19.8 Å².